The van der Waals surface area contributed by atoms with Gasteiger partial charge in [0, 0.05) is 43.5 Å². The summed E-state index contributed by atoms with van der Waals surface area (Å²) in [7, 11) is -3.10. The van der Waals surface area contributed by atoms with Crippen LogP contribution < -0.4 is 19.2 Å². The number of likely N-dealkylation sites (N-methyl/N-ethyl adjacent to an activating group) is 1. The number of nitrogens with one attached hydrogen (secondary N) is 2. The van der Waals surface area contributed by atoms with Gasteiger partial charge in [-0.15, -0.1) is 0 Å². The molecular formula is C24H25F3N6O4S2. The summed E-state index contributed by atoms with van der Waals surface area (Å²) in [4.78, 5) is 35.0. The number of nitrogens with zero attached hydrogens (tertiary/aromatic N) is 4. The van der Waals surface area contributed by atoms with Crippen LogP contribution >= 0.6 is 13.5 Å². The van der Waals surface area contributed by atoms with Crippen LogP contribution in [-0.2, 0) is 27.8 Å². The predicted molar refractivity (Wildman–Crippen MR) is 142 cm³/mol. The van der Waals surface area contributed by atoms with Crippen LogP contribution in [0.1, 0.15) is 16.7 Å². The summed E-state index contributed by atoms with van der Waals surface area (Å²) < 4.78 is 70.2. The molecule has 15 heteroatoms. The molecule has 3 amide bonds. The van der Waals surface area contributed by atoms with Gasteiger partial charge in [-0.3, -0.25) is 4.79 Å². The van der Waals surface area contributed by atoms with Crippen molar-refractivity contribution < 1.29 is 31.2 Å². The summed E-state index contributed by atoms with van der Waals surface area (Å²) in [6.45, 7) is 1.56. The van der Waals surface area contributed by atoms with Gasteiger partial charge >= 0.3 is 16.2 Å². The Hall–Kier alpha value is -3.85. The van der Waals surface area contributed by atoms with Gasteiger partial charge < -0.3 is 10.2 Å². The summed E-state index contributed by atoms with van der Waals surface area (Å²) in [5.74, 6) is -3.05. The van der Waals surface area contributed by atoms with Crippen LogP contribution in [0.25, 0.3) is 0 Å². The number of hydrogen-bond donors (Lipinski definition) is 2. The summed E-state index contributed by atoms with van der Waals surface area (Å²) in [5.41, 5.74) is 1.10. The highest BCUT2D eigenvalue weighted by Crippen LogP contribution is 2.26. The van der Waals surface area contributed by atoms with E-state index >= 15 is 0 Å². The van der Waals surface area contributed by atoms with Gasteiger partial charge in [-0.1, -0.05) is 6.07 Å². The largest absolute Gasteiger partial charge is 0.330 e. The fourth-order valence-electron chi connectivity index (χ4n) is 3.99. The Bertz CT molecular complexity index is 1490. The normalized spacial score (nSPS) is 13.2. The molecule has 0 unspecified atom stereocenters. The number of aromatic nitrogens is 2. The van der Waals surface area contributed by atoms with Crippen molar-refractivity contribution >= 4 is 47.1 Å². The number of urea groups is 1. The molecular weight excluding hydrogens is 557 g/mol. The van der Waals surface area contributed by atoms with Crippen molar-refractivity contribution in [1.82, 2.24) is 20.0 Å². The standard InChI is InChI=1S/C24H23F3N6O4S.H2S/c1-14-3-4-19(11-20(14)27)32(2)23(34)21(9-15-7-17(25)10-18(26)8-15)30-24(35)31-38(36,37)33-6-5-16-12-28-13-29-22(16)33;/h3-4,7-8,10-13,21H,5-6,9H2,1-2H3,(H2,30,31,35);1H2/t21-;/m0./s1. The molecule has 0 aliphatic carbocycles. The first-order chi connectivity index (χ1) is 17.9. The van der Waals surface area contributed by atoms with E-state index in [9.17, 15) is 31.2 Å². The van der Waals surface area contributed by atoms with Crippen LogP contribution in [0, 0.1) is 24.4 Å². The zero-order chi connectivity index (χ0) is 27.6. The molecule has 2 N–H and O–H groups in total. The second-order valence-electron chi connectivity index (χ2n) is 8.64. The molecule has 39 heavy (non-hydrogen) atoms. The zero-order valence-electron chi connectivity index (χ0n) is 20.8. The Labute approximate surface area is 229 Å². The first-order valence-corrected chi connectivity index (χ1v) is 12.8. The number of hydrogen-bond acceptors (Lipinski definition) is 6. The van der Waals surface area contributed by atoms with Gasteiger partial charge in [0.2, 0.25) is 5.91 Å². The maximum atomic E-state index is 14.1. The molecule has 2 heterocycles. The minimum Gasteiger partial charge on any atom is -0.325 e. The van der Waals surface area contributed by atoms with Crippen molar-refractivity contribution in [3.8, 4) is 0 Å². The number of benzene rings is 2. The molecule has 1 aromatic heterocycles. The van der Waals surface area contributed by atoms with E-state index in [0.29, 0.717) is 23.6 Å². The second kappa shape index (κ2) is 11.9. The van der Waals surface area contributed by atoms with Crippen molar-refractivity contribution in [2.75, 3.05) is 22.8 Å². The lowest BCUT2D eigenvalue weighted by molar-refractivity contribution is -0.120. The highest BCUT2D eigenvalue weighted by Gasteiger charge is 2.33. The van der Waals surface area contributed by atoms with Crippen LogP contribution in [0.15, 0.2) is 48.9 Å². The summed E-state index contributed by atoms with van der Waals surface area (Å²) in [6, 6.07) is 3.91. The third kappa shape index (κ3) is 6.78. The van der Waals surface area contributed by atoms with Crippen molar-refractivity contribution in [2.24, 2.45) is 0 Å². The van der Waals surface area contributed by atoms with Crippen molar-refractivity contribution in [3.63, 3.8) is 0 Å². The van der Waals surface area contributed by atoms with Crippen LogP contribution in [0.3, 0.4) is 0 Å². The highest BCUT2D eigenvalue weighted by molar-refractivity contribution is 7.91. The molecule has 1 atom stereocenters. The molecule has 4 rings (SSSR count). The maximum absolute atomic E-state index is 14.1. The van der Waals surface area contributed by atoms with E-state index in [1.165, 1.54) is 31.7 Å². The first-order valence-electron chi connectivity index (χ1n) is 11.3. The molecule has 3 aromatic rings. The van der Waals surface area contributed by atoms with Gasteiger partial charge in [0.25, 0.3) is 0 Å². The number of rotatable bonds is 7. The fourth-order valence-corrected chi connectivity index (χ4v) is 5.12. The summed E-state index contributed by atoms with van der Waals surface area (Å²) >= 11 is 0. The molecule has 0 saturated carbocycles. The van der Waals surface area contributed by atoms with Gasteiger partial charge in [0.05, 0.1) is 0 Å². The van der Waals surface area contributed by atoms with E-state index in [0.717, 1.165) is 27.4 Å². The molecule has 0 fully saturated rings. The Kier molecular flexibility index (Phi) is 9.07. The number of carbonyl (C=O) groups excluding carboxylic acids is 2. The predicted octanol–water partition coefficient (Wildman–Crippen LogP) is 2.50. The third-order valence-corrected chi connectivity index (χ3v) is 7.31. The molecule has 0 spiro atoms. The molecule has 10 nitrogen and oxygen atoms in total. The van der Waals surface area contributed by atoms with Gasteiger partial charge in [-0.25, -0.2) is 37.0 Å². The van der Waals surface area contributed by atoms with Crippen molar-refractivity contribution in [1.29, 1.82) is 0 Å². The number of carbonyl (C=O) groups is 2. The van der Waals surface area contributed by atoms with E-state index in [2.05, 4.69) is 15.3 Å². The topological polar surface area (TPSA) is 125 Å². The Balaban J connectivity index is 0.00000420. The first kappa shape index (κ1) is 29.7. The van der Waals surface area contributed by atoms with Crippen LogP contribution in [-0.4, -0.2) is 50.0 Å². The summed E-state index contributed by atoms with van der Waals surface area (Å²) in [6.07, 6.45) is 2.58. The van der Waals surface area contributed by atoms with Gasteiger partial charge in [0.15, 0.2) is 0 Å². The number of aryl methyl sites for hydroxylation is 1. The number of anilines is 2. The zero-order valence-corrected chi connectivity index (χ0v) is 22.6. The van der Waals surface area contributed by atoms with Crippen LogP contribution in [0.2, 0.25) is 0 Å². The van der Waals surface area contributed by atoms with Gasteiger partial charge in [0.1, 0.15) is 35.6 Å². The van der Waals surface area contributed by atoms with E-state index in [4.69, 9.17) is 0 Å². The smallest absolute Gasteiger partial charge is 0.325 e. The van der Waals surface area contributed by atoms with E-state index in [1.54, 1.807) is 6.92 Å². The number of amides is 3. The average molecular weight is 583 g/mol. The molecule has 0 bridgehead atoms. The van der Waals surface area contributed by atoms with Crippen molar-refractivity contribution in [3.05, 3.63) is 83.1 Å². The van der Waals surface area contributed by atoms with Crippen LogP contribution in [0.5, 0.6) is 0 Å². The fraction of sp³-hybridized carbons (Fsp3) is 0.250. The lowest BCUT2D eigenvalue weighted by atomic mass is 10.0. The highest BCUT2D eigenvalue weighted by atomic mass is 32.2. The van der Waals surface area contributed by atoms with Gasteiger partial charge in [-0.2, -0.15) is 21.9 Å². The number of halogens is 3. The van der Waals surface area contributed by atoms with Crippen LogP contribution in [0.4, 0.5) is 29.5 Å². The molecule has 1 aliphatic heterocycles. The van der Waals surface area contributed by atoms with E-state index < -0.39 is 45.6 Å². The second-order valence-corrected chi connectivity index (χ2v) is 10.2. The monoisotopic (exact) mass is 582 g/mol. The van der Waals surface area contributed by atoms with E-state index in [1.807, 2.05) is 4.72 Å². The molecule has 0 saturated heterocycles. The third-order valence-electron chi connectivity index (χ3n) is 5.94. The van der Waals surface area contributed by atoms with Gasteiger partial charge in [-0.05, 0) is 48.7 Å². The van der Waals surface area contributed by atoms with E-state index in [-0.39, 0.29) is 43.5 Å². The van der Waals surface area contributed by atoms with Crippen molar-refractivity contribution in [2.45, 2.75) is 25.8 Å². The maximum Gasteiger partial charge on any atom is 0.330 e. The molecule has 2 aromatic carbocycles. The number of fused-ring (bicyclic) bond motifs is 1. The lowest BCUT2D eigenvalue weighted by Crippen LogP contribution is -2.54. The average Bonchev–Trinajstić information content (AvgIpc) is 3.29. The minimum atomic E-state index is -4.43. The molecule has 0 radical (unpaired) electrons. The Morgan fingerprint density at radius 3 is 2.49 bits per heavy atom. The lowest BCUT2D eigenvalue weighted by Gasteiger charge is -2.26. The molecule has 208 valence electrons. The SMILES string of the molecule is Cc1ccc(N(C)C(=O)[C@H](Cc2cc(F)cc(F)c2)NC(=O)NS(=O)(=O)N2CCc3cncnc32)cc1F.S. The molecule has 1 aliphatic rings. The Morgan fingerprint density at radius 2 is 1.82 bits per heavy atom. The Morgan fingerprint density at radius 1 is 1.13 bits per heavy atom. The quantitative estimate of drug-likeness (QED) is 0.441. The summed E-state index contributed by atoms with van der Waals surface area (Å²) in [5, 5.41) is 2.27. The minimum absolute atomic E-state index is 0.